The number of hydrogen-bond acceptors (Lipinski definition) is 4. The molecule has 0 unspecified atom stereocenters. The van der Waals surface area contributed by atoms with Gasteiger partial charge in [-0.2, -0.15) is 0 Å². The Morgan fingerprint density at radius 2 is 1.42 bits per heavy atom. The molecule has 7 heteroatoms. The summed E-state index contributed by atoms with van der Waals surface area (Å²) in [5.41, 5.74) is 3.48. The summed E-state index contributed by atoms with van der Waals surface area (Å²) in [6.45, 7) is 4.98. The van der Waals surface area contributed by atoms with Crippen molar-refractivity contribution in [3.63, 3.8) is 0 Å². The standard InChI is InChI=1S/C19H17Cl3O4/c1-10-4-12(3)13(5-11(10)2)17(23)8-26-19(24)9-25-18-7-15(21)14(20)6-16(18)22/h4-7H,8-9H2,1-3H3. The average Bonchev–Trinajstić information content (AvgIpc) is 2.58. The highest BCUT2D eigenvalue weighted by Gasteiger charge is 2.15. The molecule has 0 saturated heterocycles. The van der Waals surface area contributed by atoms with Crippen LogP contribution in [-0.4, -0.2) is 25.0 Å². The summed E-state index contributed by atoms with van der Waals surface area (Å²) in [6, 6.07) is 6.55. The molecule has 2 aromatic carbocycles. The smallest absolute Gasteiger partial charge is 0.344 e. The Kier molecular flexibility index (Phi) is 6.93. The first-order chi connectivity index (χ1) is 12.2. The monoisotopic (exact) mass is 414 g/mol. The predicted octanol–water partition coefficient (Wildman–Crippen LogP) is 5.38. The molecular weight excluding hydrogens is 399 g/mol. The van der Waals surface area contributed by atoms with Crippen molar-refractivity contribution < 1.29 is 19.1 Å². The van der Waals surface area contributed by atoms with Gasteiger partial charge in [0.25, 0.3) is 0 Å². The highest BCUT2D eigenvalue weighted by Crippen LogP contribution is 2.33. The van der Waals surface area contributed by atoms with Crippen LogP contribution in [0, 0.1) is 20.8 Å². The van der Waals surface area contributed by atoms with Gasteiger partial charge in [0.15, 0.2) is 13.2 Å². The number of esters is 1. The predicted molar refractivity (Wildman–Crippen MR) is 103 cm³/mol. The highest BCUT2D eigenvalue weighted by molar-refractivity contribution is 6.43. The first-order valence-corrected chi connectivity index (χ1v) is 8.86. The van der Waals surface area contributed by atoms with Crippen LogP contribution in [0.1, 0.15) is 27.0 Å². The number of Topliss-reactive ketones (excluding diaryl/α,β-unsaturated/α-hetero) is 1. The Balaban J connectivity index is 1.92. The average molecular weight is 416 g/mol. The molecule has 0 aliphatic heterocycles. The molecule has 26 heavy (non-hydrogen) atoms. The van der Waals surface area contributed by atoms with Crippen LogP contribution in [0.25, 0.3) is 0 Å². The zero-order chi connectivity index (χ0) is 19.4. The van der Waals surface area contributed by atoms with Gasteiger partial charge in [-0.1, -0.05) is 40.9 Å². The van der Waals surface area contributed by atoms with Gasteiger partial charge in [0.05, 0.1) is 15.1 Å². The lowest BCUT2D eigenvalue weighted by Gasteiger charge is -2.11. The summed E-state index contributed by atoms with van der Waals surface area (Å²) < 4.78 is 10.3. The Hall–Kier alpha value is -1.75. The maximum atomic E-state index is 12.3. The van der Waals surface area contributed by atoms with Crippen molar-refractivity contribution in [2.24, 2.45) is 0 Å². The molecule has 0 spiro atoms. The second-order valence-corrected chi connectivity index (χ2v) is 7.04. The fourth-order valence-electron chi connectivity index (χ4n) is 2.28. The van der Waals surface area contributed by atoms with E-state index in [9.17, 15) is 9.59 Å². The van der Waals surface area contributed by atoms with Gasteiger partial charge in [0.2, 0.25) is 5.78 Å². The van der Waals surface area contributed by atoms with E-state index in [2.05, 4.69) is 0 Å². The fraction of sp³-hybridized carbons (Fsp3) is 0.263. The van der Waals surface area contributed by atoms with Gasteiger partial charge < -0.3 is 9.47 Å². The van der Waals surface area contributed by atoms with Gasteiger partial charge in [-0.25, -0.2) is 4.79 Å². The van der Waals surface area contributed by atoms with Crippen LogP contribution in [-0.2, 0) is 9.53 Å². The number of carbonyl (C=O) groups is 2. The van der Waals surface area contributed by atoms with E-state index in [1.54, 1.807) is 6.07 Å². The Morgan fingerprint density at radius 3 is 2.12 bits per heavy atom. The van der Waals surface area contributed by atoms with Crippen LogP contribution in [0.4, 0.5) is 0 Å². The summed E-state index contributed by atoms with van der Waals surface area (Å²) in [7, 11) is 0. The number of carbonyl (C=O) groups excluding carboxylic acids is 2. The van der Waals surface area contributed by atoms with Crippen molar-refractivity contribution in [3.8, 4) is 5.75 Å². The van der Waals surface area contributed by atoms with Crippen molar-refractivity contribution >= 4 is 46.6 Å². The molecule has 0 atom stereocenters. The fourth-order valence-corrected chi connectivity index (χ4v) is 2.87. The maximum Gasteiger partial charge on any atom is 0.344 e. The van der Waals surface area contributed by atoms with E-state index in [4.69, 9.17) is 44.3 Å². The number of rotatable bonds is 6. The number of aryl methyl sites for hydroxylation is 3. The lowest BCUT2D eigenvalue weighted by molar-refractivity contribution is -0.144. The van der Waals surface area contributed by atoms with E-state index in [1.165, 1.54) is 12.1 Å². The molecule has 0 aliphatic carbocycles. The second kappa shape index (κ2) is 8.76. The molecule has 138 valence electrons. The zero-order valence-electron chi connectivity index (χ0n) is 14.5. The van der Waals surface area contributed by atoms with E-state index in [0.29, 0.717) is 5.56 Å². The van der Waals surface area contributed by atoms with Crippen LogP contribution in [0.15, 0.2) is 24.3 Å². The summed E-state index contributed by atoms with van der Waals surface area (Å²) in [6.07, 6.45) is 0. The van der Waals surface area contributed by atoms with Gasteiger partial charge >= 0.3 is 5.97 Å². The molecule has 0 aromatic heterocycles. The van der Waals surface area contributed by atoms with Gasteiger partial charge in [-0.05, 0) is 49.6 Å². The first kappa shape index (κ1) is 20.6. The molecule has 0 heterocycles. The highest BCUT2D eigenvalue weighted by atomic mass is 35.5. The third-order valence-corrected chi connectivity index (χ3v) is 4.84. The van der Waals surface area contributed by atoms with Crippen molar-refractivity contribution in [3.05, 3.63) is 61.6 Å². The van der Waals surface area contributed by atoms with Crippen LogP contribution in [0.2, 0.25) is 15.1 Å². The Morgan fingerprint density at radius 1 is 0.808 bits per heavy atom. The van der Waals surface area contributed by atoms with Crippen molar-refractivity contribution in [2.45, 2.75) is 20.8 Å². The molecule has 0 saturated carbocycles. The van der Waals surface area contributed by atoms with Crippen LogP contribution >= 0.6 is 34.8 Å². The molecule has 0 fully saturated rings. The molecule has 0 amide bonds. The van der Waals surface area contributed by atoms with E-state index in [-0.39, 0.29) is 33.2 Å². The molecule has 2 rings (SSSR count). The van der Waals surface area contributed by atoms with Gasteiger partial charge in [0.1, 0.15) is 5.75 Å². The molecule has 0 bridgehead atoms. The van der Waals surface area contributed by atoms with Crippen molar-refractivity contribution in [1.29, 1.82) is 0 Å². The normalized spacial score (nSPS) is 10.5. The van der Waals surface area contributed by atoms with Crippen molar-refractivity contribution in [2.75, 3.05) is 13.2 Å². The molecular formula is C19H17Cl3O4. The SMILES string of the molecule is Cc1cc(C)c(C(=O)COC(=O)COc2cc(Cl)c(Cl)cc2Cl)cc1C. The third kappa shape index (κ3) is 5.13. The van der Waals surface area contributed by atoms with E-state index >= 15 is 0 Å². The summed E-state index contributed by atoms with van der Waals surface area (Å²) in [4.78, 5) is 24.1. The number of ketones is 1. The number of ether oxygens (including phenoxy) is 2. The molecule has 0 aliphatic rings. The van der Waals surface area contributed by atoms with Gasteiger partial charge in [0, 0.05) is 11.6 Å². The van der Waals surface area contributed by atoms with Gasteiger partial charge in [-0.15, -0.1) is 0 Å². The second-order valence-electron chi connectivity index (χ2n) is 5.82. The minimum absolute atomic E-state index is 0.203. The quantitative estimate of drug-likeness (QED) is 0.361. The number of halogens is 3. The Labute approximate surface area is 167 Å². The summed E-state index contributed by atoms with van der Waals surface area (Å²) in [5.74, 6) is -0.761. The molecule has 0 N–H and O–H groups in total. The van der Waals surface area contributed by atoms with Crippen LogP contribution in [0.5, 0.6) is 5.75 Å². The van der Waals surface area contributed by atoms with Crippen LogP contribution in [0.3, 0.4) is 0 Å². The lowest BCUT2D eigenvalue weighted by atomic mass is 9.98. The summed E-state index contributed by atoms with van der Waals surface area (Å²) >= 11 is 17.7. The lowest BCUT2D eigenvalue weighted by Crippen LogP contribution is -2.20. The number of hydrogen-bond donors (Lipinski definition) is 0. The van der Waals surface area contributed by atoms with Crippen LogP contribution < -0.4 is 4.74 Å². The van der Waals surface area contributed by atoms with Gasteiger partial charge in [-0.3, -0.25) is 4.79 Å². The van der Waals surface area contributed by atoms with E-state index in [1.807, 2.05) is 26.8 Å². The van der Waals surface area contributed by atoms with E-state index in [0.717, 1.165) is 16.7 Å². The van der Waals surface area contributed by atoms with E-state index < -0.39 is 12.6 Å². The third-order valence-electron chi connectivity index (χ3n) is 3.83. The summed E-state index contributed by atoms with van der Waals surface area (Å²) in [5, 5.41) is 0.745. The topological polar surface area (TPSA) is 52.6 Å². The molecule has 0 radical (unpaired) electrons. The number of benzene rings is 2. The Bertz CT molecular complexity index is 862. The largest absolute Gasteiger partial charge is 0.480 e. The molecule has 2 aromatic rings. The maximum absolute atomic E-state index is 12.3. The first-order valence-electron chi connectivity index (χ1n) is 7.73. The minimum Gasteiger partial charge on any atom is -0.480 e. The minimum atomic E-state index is -0.693. The molecule has 4 nitrogen and oxygen atoms in total. The zero-order valence-corrected chi connectivity index (χ0v) is 16.8. The van der Waals surface area contributed by atoms with Crippen molar-refractivity contribution in [1.82, 2.24) is 0 Å².